The van der Waals surface area contributed by atoms with E-state index in [1.165, 1.54) is 42.1 Å². The van der Waals surface area contributed by atoms with Crippen molar-refractivity contribution < 1.29 is 9.31 Å². The number of rotatable bonds is 2. The van der Waals surface area contributed by atoms with E-state index in [0.29, 0.717) is 0 Å². The summed E-state index contributed by atoms with van der Waals surface area (Å²) in [5.41, 5.74) is 2.88. The lowest BCUT2D eigenvalue weighted by Crippen LogP contribution is -2.41. The summed E-state index contributed by atoms with van der Waals surface area (Å²) in [6, 6.07) is 28.4. The molecule has 0 radical (unpaired) electrons. The first kappa shape index (κ1) is 20.0. The van der Waals surface area contributed by atoms with E-state index in [9.17, 15) is 0 Å². The first-order chi connectivity index (χ1) is 15.3. The Morgan fingerprint density at radius 1 is 0.719 bits per heavy atom. The summed E-state index contributed by atoms with van der Waals surface area (Å²) in [5.74, 6) is 0. The molecule has 1 saturated heterocycles. The Balaban J connectivity index is 1.50. The fraction of sp³-hybridized carbons (Fsp3) is 0.214. The Kier molecular flexibility index (Phi) is 4.32. The van der Waals surface area contributed by atoms with Crippen molar-refractivity contribution in [1.82, 2.24) is 0 Å². The van der Waals surface area contributed by atoms with Gasteiger partial charge in [0.1, 0.15) is 0 Å². The zero-order valence-electron chi connectivity index (χ0n) is 18.8. The maximum absolute atomic E-state index is 6.24. The largest absolute Gasteiger partial charge is 0.494 e. The average molecular weight is 436 g/mol. The molecule has 0 aliphatic carbocycles. The fourth-order valence-corrected chi connectivity index (χ4v) is 5.84. The third-order valence-corrected chi connectivity index (χ3v) is 8.32. The van der Waals surface area contributed by atoms with Gasteiger partial charge in [-0.05, 0) is 61.6 Å². The van der Waals surface area contributed by atoms with Crippen LogP contribution in [0, 0.1) is 0 Å². The zero-order chi connectivity index (χ0) is 22.1. The lowest BCUT2D eigenvalue weighted by atomic mass is 9.78. The highest BCUT2D eigenvalue weighted by atomic mass is 32.1. The number of thiophene rings is 1. The van der Waals surface area contributed by atoms with Gasteiger partial charge in [-0.1, -0.05) is 66.7 Å². The normalized spacial score (nSPS) is 17.6. The van der Waals surface area contributed by atoms with Crippen LogP contribution in [0.2, 0.25) is 0 Å². The van der Waals surface area contributed by atoms with Gasteiger partial charge in [-0.2, -0.15) is 0 Å². The van der Waals surface area contributed by atoms with Gasteiger partial charge in [0.05, 0.1) is 11.2 Å². The van der Waals surface area contributed by atoms with Gasteiger partial charge >= 0.3 is 7.12 Å². The van der Waals surface area contributed by atoms with Crippen LogP contribution in [0.25, 0.3) is 42.1 Å². The van der Waals surface area contributed by atoms with Crippen LogP contribution in [0.3, 0.4) is 0 Å². The maximum Gasteiger partial charge on any atom is 0.494 e. The minimum atomic E-state index is -0.338. The molecule has 158 valence electrons. The Morgan fingerprint density at radius 2 is 1.34 bits per heavy atom. The van der Waals surface area contributed by atoms with Crippen LogP contribution in [-0.2, 0) is 9.31 Å². The second kappa shape index (κ2) is 6.92. The highest BCUT2D eigenvalue weighted by Crippen LogP contribution is 2.44. The molecular weight excluding hydrogens is 411 g/mol. The monoisotopic (exact) mass is 436 g/mol. The first-order valence-electron chi connectivity index (χ1n) is 11.1. The summed E-state index contributed by atoms with van der Waals surface area (Å²) in [6.45, 7) is 8.37. The van der Waals surface area contributed by atoms with Gasteiger partial charge < -0.3 is 9.31 Å². The minimum absolute atomic E-state index is 0.335. The molecule has 2 heterocycles. The number of fused-ring (bicyclic) bond motifs is 5. The van der Waals surface area contributed by atoms with E-state index in [1.807, 2.05) is 11.3 Å². The van der Waals surface area contributed by atoms with Crippen molar-refractivity contribution in [2.45, 2.75) is 38.9 Å². The molecule has 1 aliphatic rings. The van der Waals surface area contributed by atoms with Gasteiger partial charge in [-0.25, -0.2) is 0 Å². The number of hydrogen-bond donors (Lipinski definition) is 0. The van der Waals surface area contributed by atoms with Crippen LogP contribution < -0.4 is 5.46 Å². The molecule has 0 unspecified atom stereocenters. The van der Waals surface area contributed by atoms with Crippen molar-refractivity contribution in [1.29, 1.82) is 0 Å². The smallest absolute Gasteiger partial charge is 0.399 e. The van der Waals surface area contributed by atoms with Gasteiger partial charge in [0.25, 0.3) is 0 Å². The lowest BCUT2D eigenvalue weighted by molar-refractivity contribution is 0.00578. The minimum Gasteiger partial charge on any atom is -0.399 e. The van der Waals surface area contributed by atoms with Gasteiger partial charge in [0, 0.05) is 25.7 Å². The van der Waals surface area contributed by atoms with E-state index >= 15 is 0 Å². The van der Waals surface area contributed by atoms with E-state index in [-0.39, 0.29) is 18.3 Å². The molecule has 2 nitrogen and oxygen atoms in total. The molecule has 0 amide bonds. The average Bonchev–Trinajstić information content (AvgIpc) is 3.27. The Morgan fingerprint density at radius 3 is 2.06 bits per heavy atom. The van der Waals surface area contributed by atoms with Crippen molar-refractivity contribution in [3.63, 3.8) is 0 Å². The van der Waals surface area contributed by atoms with Gasteiger partial charge in [-0.3, -0.25) is 0 Å². The molecule has 0 N–H and O–H groups in total. The van der Waals surface area contributed by atoms with Crippen molar-refractivity contribution >= 4 is 54.9 Å². The van der Waals surface area contributed by atoms with Crippen LogP contribution in [0.4, 0.5) is 0 Å². The molecular formula is C28H25BO2S. The topological polar surface area (TPSA) is 18.5 Å². The second-order valence-electron chi connectivity index (χ2n) is 9.66. The molecule has 1 fully saturated rings. The Labute approximate surface area is 192 Å². The Bertz CT molecular complexity index is 1460. The fourth-order valence-electron chi connectivity index (χ4n) is 4.59. The van der Waals surface area contributed by atoms with Crippen LogP contribution in [0.5, 0.6) is 0 Å². The molecule has 1 aromatic heterocycles. The Hall–Kier alpha value is -2.66. The van der Waals surface area contributed by atoms with Crippen molar-refractivity contribution in [2.24, 2.45) is 0 Å². The van der Waals surface area contributed by atoms with E-state index < -0.39 is 0 Å². The summed E-state index contributed by atoms with van der Waals surface area (Å²) in [6.07, 6.45) is 0. The quantitative estimate of drug-likeness (QED) is 0.273. The van der Waals surface area contributed by atoms with Gasteiger partial charge in [0.2, 0.25) is 0 Å². The third kappa shape index (κ3) is 2.94. The predicted octanol–water partition coefficient (Wildman–Crippen LogP) is 7.17. The summed E-state index contributed by atoms with van der Waals surface area (Å²) >= 11 is 1.88. The van der Waals surface area contributed by atoms with Crippen LogP contribution in [-0.4, -0.2) is 18.3 Å². The molecule has 0 spiro atoms. The van der Waals surface area contributed by atoms with E-state index in [2.05, 4.69) is 107 Å². The molecule has 0 bridgehead atoms. The van der Waals surface area contributed by atoms with Crippen LogP contribution in [0.15, 0.2) is 78.9 Å². The van der Waals surface area contributed by atoms with Crippen molar-refractivity contribution in [3.8, 4) is 11.1 Å². The molecule has 1 aliphatic heterocycles. The highest BCUT2D eigenvalue weighted by molar-refractivity contribution is 7.26. The van der Waals surface area contributed by atoms with E-state index in [1.54, 1.807) is 0 Å². The zero-order valence-corrected chi connectivity index (χ0v) is 19.6. The predicted molar refractivity (Wildman–Crippen MR) is 138 cm³/mol. The van der Waals surface area contributed by atoms with Gasteiger partial charge in [0.15, 0.2) is 0 Å². The number of hydrogen-bond acceptors (Lipinski definition) is 3. The molecule has 32 heavy (non-hydrogen) atoms. The van der Waals surface area contributed by atoms with Gasteiger partial charge in [-0.15, -0.1) is 11.3 Å². The summed E-state index contributed by atoms with van der Waals surface area (Å²) < 4.78 is 15.2. The second-order valence-corrected chi connectivity index (χ2v) is 10.7. The molecule has 0 saturated carbocycles. The van der Waals surface area contributed by atoms with Crippen LogP contribution >= 0.6 is 11.3 Å². The van der Waals surface area contributed by atoms with Crippen LogP contribution in [0.1, 0.15) is 27.7 Å². The molecule has 5 aromatic rings. The summed E-state index contributed by atoms with van der Waals surface area (Å²) in [5, 5.41) is 5.28. The third-order valence-electron chi connectivity index (χ3n) is 7.12. The summed E-state index contributed by atoms with van der Waals surface area (Å²) in [4.78, 5) is 0. The summed E-state index contributed by atoms with van der Waals surface area (Å²) in [7, 11) is -0.338. The van der Waals surface area contributed by atoms with Crippen molar-refractivity contribution in [3.05, 3.63) is 78.9 Å². The number of benzene rings is 4. The SMILES string of the molecule is CC1(C)OB(c2ccc(-c3cc4ccccc4c4c3sc3ccccc34)cc2)OC1(C)C. The molecule has 4 aromatic carbocycles. The molecule has 6 rings (SSSR count). The molecule has 4 heteroatoms. The highest BCUT2D eigenvalue weighted by Gasteiger charge is 2.51. The lowest BCUT2D eigenvalue weighted by Gasteiger charge is -2.32. The van der Waals surface area contributed by atoms with E-state index in [0.717, 1.165) is 5.46 Å². The first-order valence-corrected chi connectivity index (χ1v) is 11.9. The van der Waals surface area contributed by atoms with Crippen molar-refractivity contribution in [2.75, 3.05) is 0 Å². The maximum atomic E-state index is 6.24. The standard InChI is InChI=1S/C28H25BO2S/c1-27(2)28(3,4)31-29(30-27)20-15-13-18(14-16-20)23-17-19-9-5-6-10-21(19)25-22-11-7-8-12-24(22)32-26(23)25/h5-17H,1-4H3. The van der Waals surface area contributed by atoms with E-state index in [4.69, 9.17) is 9.31 Å². The molecule has 0 atom stereocenters.